The Balaban J connectivity index is 4.25. The van der Waals surface area contributed by atoms with Crippen molar-refractivity contribution in [2.45, 2.75) is 406 Å². The zero-order valence-corrected chi connectivity index (χ0v) is 55.3. The van der Waals surface area contributed by atoms with E-state index >= 15 is 0 Å². The number of carbonyl (C=O) groups is 3. The molecule has 1 unspecified atom stereocenters. The summed E-state index contributed by atoms with van der Waals surface area (Å²) in [6, 6.07) is 0. The first-order valence-electron chi connectivity index (χ1n) is 36.6. The Morgan fingerprint density at radius 3 is 0.720 bits per heavy atom. The van der Waals surface area contributed by atoms with Crippen molar-refractivity contribution in [3.63, 3.8) is 0 Å². The molecular formula is C76H140O6. The first kappa shape index (κ1) is 79.4. The lowest BCUT2D eigenvalue weighted by Crippen LogP contribution is -2.30. The molecule has 0 fully saturated rings. The molecule has 0 aromatic carbocycles. The average molecular weight is 1150 g/mol. The fraction of sp³-hybridized carbons (Fsp3) is 0.855. The monoisotopic (exact) mass is 1150 g/mol. The summed E-state index contributed by atoms with van der Waals surface area (Å²) in [7, 11) is 0. The topological polar surface area (TPSA) is 78.9 Å². The molecule has 0 aromatic rings. The first-order chi connectivity index (χ1) is 40.5. The molecule has 0 aliphatic rings. The highest BCUT2D eigenvalue weighted by molar-refractivity contribution is 5.71. The molecule has 0 rings (SSSR count). The minimum Gasteiger partial charge on any atom is -0.462 e. The van der Waals surface area contributed by atoms with E-state index in [1.165, 1.54) is 283 Å². The highest BCUT2D eigenvalue weighted by Gasteiger charge is 2.19. The highest BCUT2D eigenvalue weighted by atomic mass is 16.6. The van der Waals surface area contributed by atoms with Gasteiger partial charge in [-0.15, -0.1) is 0 Å². The second kappa shape index (κ2) is 70.9. The summed E-state index contributed by atoms with van der Waals surface area (Å²) in [5.41, 5.74) is 0. The molecule has 0 saturated carbocycles. The molecule has 0 radical (unpaired) electrons. The van der Waals surface area contributed by atoms with Gasteiger partial charge >= 0.3 is 17.9 Å². The van der Waals surface area contributed by atoms with Crippen molar-refractivity contribution in [2.75, 3.05) is 13.2 Å². The van der Waals surface area contributed by atoms with Crippen molar-refractivity contribution in [1.82, 2.24) is 0 Å². The van der Waals surface area contributed by atoms with Gasteiger partial charge in [0.15, 0.2) is 6.10 Å². The molecule has 1 atom stereocenters. The highest BCUT2D eigenvalue weighted by Crippen LogP contribution is 2.18. The number of esters is 3. The third-order valence-corrected chi connectivity index (χ3v) is 16.5. The van der Waals surface area contributed by atoms with Gasteiger partial charge in [-0.05, 0) is 96.3 Å². The van der Waals surface area contributed by atoms with E-state index in [4.69, 9.17) is 14.2 Å². The summed E-state index contributed by atoms with van der Waals surface area (Å²) in [5.74, 6) is -0.862. The number of rotatable bonds is 68. The molecule has 0 N–H and O–H groups in total. The molecule has 0 amide bonds. The molecule has 0 heterocycles. The lowest BCUT2D eigenvalue weighted by atomic mass is 10.0. The Morgan fingerprint density at radius 1 is 0.244 bits per heavy atom. The Bertz CT molecular complexity index is 1410. The molecule has 0 bridgehead atoms. The van der Waals surface area contributed by atoms with Crippen LogP contribution in [-0.4, -0.2) is 37.2 Å². The molecule has 0 aliphatic heterocycles. The van der Waals surface area contributed by atoms with Crippen LogP contribution in [0.3, 0.4) is 0 Å². The van der Waals surface area contributed by atoms with Crippen LogP contribution < -0.4 is 0 Å². The fourth-order valence-corrected chi connectivity index (χ4v) is 11.0. The maximum Gasteiger partial charge on any atom is 0.306 e. The van der Waals surface area contributed by atoms with Gasteiger partial charge in [0.25, 0.3) is 0 Å². The number of hydrogen-bond donors (Lipinski definition) is 0. The Kier molecular flexibility index (Phi) is 68.6. The lowest BCUT2D eigenvalue weighted by molar-refractivity contribution is -0.167. The minimum atomic E-state index is -0.779. The zero-order valence-electron chi connectivity index (χ0n) is 55.3. The molecule has 480 valence electrons. The van der Waals surface area contributed by atoms with E-state index in [-0.39, 0.29) is 31.1 Å². The van der Waals surface area contributed by atoms with Crippen molar-refractivity contribution in [1.29, 1.82) is 0 Å². The van der Waals surface area contributed by atoms with Crippen molar-refractivity contribution >= 4 is 17.9 Å². The van der Waals surface area contributed by atoms with Crippen LogP contribution >= 0.6 is 0 Å². The van der Waals surface area contributed by atoms with Gasteiger partial charge < -0.3 is 14.2 Å². The van der Waals surface area contributed by atoms with Crippen molar-refractivity contribution in [2.24, 2.45) is 0 Å². The van der Waals surface area contributed by atoms with Gasteiger partial charge in [-0.3, -0.25) is 14.4 Å². The predicted molar refractivity (Wildman–Crippen MR) is 358 cm³/mol. The van der Waals surface area contributed by atoms with Crippen LogP contribution in [0.4, 0.5) is 0 Å². The molecule has 0 spiro atoms. The van der Waals surface area contributed by atoms with E-state index in [1.54, 1.807) is 0 Å². The second-order valence-corrected chi connectivity index (χ2v) is 24.8. The summed E-state index contributed by atoms with van der Waals surface area (Å²) in [4.78, 5) is 38.5. The van der Waals surface area contributed by atoms with Gasteiger partial charge in [0, 0.05) is 19.3 Å². The number of hydrogen-bond acceptors (Lipinski definition) is 6. The fourth-order valence-electron chi connectivity index (χ4n) is 11.0. The summed E-state index contributed by atoms with van der Waals surface area (Å²) in [5, 5.41) is 0. The smallest absolute Gasteiger partial charge is 0.306 e. The molecule has 82 heavy (non-hydrogen) atoms. The summed E-state index contributed by atoms with van der Waals surface area (Å²) < 4.78 is 17.0. The van der Waals surface area contributed by atoms with Gasteiger partial charge in [-0.25, -0.2) is 0 Å². The zero-order chi connectivity index (χ0) is 59.2. The van der Waals surface area contributed by atoms with Crippen LogP contribution in [0, 0.1) is 0 Å². The van der Waals surface area contributed by atoms with Crippen LogP contribution in [0.1, 0.15) is 400 Å². The van der Waals surface area contributed by atoms with Gasteiger partial charge in [0.05, 0.1) is 0 Å². The van der Waals surface area contributed by atoms with Crippen molar-refractivity contribution < 1.29 is 28.6 Å². The van der Waals surface area contributed by atoms with Gasteiger partial charge in [-0.1, -0.05) is 333 Å². The van der Waals surface area contributed by atoms with Crippen molar-refractivity contribution in [3.05, 3.63) is 48.6 Å². The van der Waals surface area contributed by atoms with Crippen LogP contribution in [0.25, 0.3) is 0 Å². The number of unbranched alkanes of at least 4 members (excludes halogenated alkanes) is 49. The molecule has 6 heteroatoms. The normalized spacial score (nSPS) is 12.3. The predicted octanol–water partition coefficient (Wildman–Crippen LogP) is 25.3. The average Bonchev–Trinajstić information content (AvgIpc) is 3.48. The summed E-state index contributed by atoms with van der Waals surface area (Å²) in [6.45, 7) is 6.66. The Labute approximate surface area is 511 Å². The molecule has 6 nitrogen and oxygen atoms in total. The van der Waals surface area contributed by atoms with Crippen LogP contribution in [0.15, 0.2) is 48.6 Å². The molecule has 0 saturated heterocycles. The second-order valence-electron chi connectivity index (χ2n) is 24.8. The van der Waals surface area contributed by atoms with Gasteiger partial charge in [0.1, 0.15) is 13.2 Å². The third-order valence-electron chi connectivity index (χ3n) is 16.5. The Morgan fingerprint density at radius 2 is 0.451 bits per heavy atom. The maximum atomic E-state index is 13.0. The van der Waals surface area contributed by atoms with Gasteiger partial charge in [-0.2, -0.15) is 0 Å². The van der Waals surface area contributed by atoms with Crippen LogP contribution in [0.2, 0.25) is 0 Å². The first-order valence-corrected chi connectivity index (χ1v) is 36.6. The van der Waals surface area contributed by atoms with E-state index in [9.17, 15) is 14.4 Å². The minimum absolute atomic E-state index is 0.0741. The number of carbonyl (C=O) groups excluding carboxylic acids is 3. The molecular weight excluding hydrogens is 1010 g/mol. The van der Waals surface area contributed by atoms with E-state index in [2.05, 4.69) is 69.4 Å². The van der Waals surface area contributed by atoms with Crippen LogP contribution in [-0.2, 0) is 28.6 Å². The van der Waals surface area contributed by atoms with E-state index in [1.807, 2.05) is 0 Å². The SMILES string of the molecule is CCCC/C=C\C/C=C\CCCCCCCC(=O)OCC(COC(=O)CCCCCCCCCCCCCCC/C=C\CCCCCCCCCC)OC(=O)CCCCCCCCCCCCCCC/C=C\CCCCCCCCCC. The molecule has 0 aromatic heterocycles. The number of ether oxygens (including phenoxy) is 3. The van der Waals surface area contributed by atoms with E-state index in [0.29, 0.717) is 19.3 Å². The van der Waals surface area contributed by atoms with E-state index in [0.717, 1.165) is 77.0 Å². The quantitative estimate of drug-likeness (QED) is 0.0261. The van der Waals surface area contributed by atoms with Crippen molar-refractivity contribution in [3.8, 4) is 0 Å². The number of allylic oxidation sites excluding steroid dienone is 8. The molecule has 0 aliphatic carbocycles. The maximum absolute atomic E-state index is 13.0. The summed E-state index contributed by atoms with van der Waals surface area (Å²) >= 11 is 0. The lowest BCUT2D eigenvalue weighted by Gasteiger charge is -2.18. The largest absolute Gasteiger partial charge is 0.462 e. The van der Waals surface area contributed by atoms with Gasteiger partial charge in [0.2, 0.25) is 0 Å². The Hall–Kier alpha value is -2.63. The van der Waals surface area contributed by atoms with E-state index < -0.39 is 6.10 Å². The summed E-state index contributed by atoms with van der Waals surface area (Å²) in [6.07, 6.45) is 90.1. The standard InChI is InChI=1S/C76H140O6/c1-4-7-10-13-16-19-22-25-28-30-32-34-36-38-40-42-44-46-48-51-54-57-60-63-66-69-75(78)81-72-73(71-80-74(77)68-65-62-59-56-53-50-27-24-21-18-15-12-9-6-3)82-76(79)70-67-64-61-58-55-52-49-47-45-43-41-39-37-35-33-31-29-26-23-20-17-14-11-8-5-2/h15,18,24,27,30-33,73H,4-14,16-17,19-23,25-26,28-29,34-72H2,1-3H3/b18-15-,27-24-,32-30-,33-31-. The van der Waals surface area contributed by atoms with Crippen LogP contribution in [0.5, 0.6) is 0 Å². The third kappa shape index (κ3) is 68.2.